The van der Waals surface area contributed by atoms with Gasteiger partial charge in [-0.3, -0.25) is 0 Å². The van der Waals surface area contributed by atoms with Crippen LogP contribution in [0.15, 0.2) is 73.5 Å². The number of nitrogens with zero attached hydrogens (tertiary/aromatic N) is 2. The molecule has 4 N–H and O–H groups in total. The molecule has 8 nitrogen and oxygen atoms in total. The van der Waals surface area contributed by atoms with Crippen LogP contribution in [-0.4, -0.2) is 33.7 Å². The lowest BCUT2D eigenvalue weighted by Crippen LogP contribution is -2.40. The molecule has 1 heterocycles. The van der Waals surface area contributed by atoms with Gasteiger partial charge in [-0.2, -0.15) is 10.6 Å². The summed E-state index contributed by atoms with van der Waals surface area (Å²) in [5.41, 5.74) is 9.47. The number of aliphatic imine (C=N–C) groups is 1. The highest BCUT2D eigenvalue weighted by Gasteiger charge is 2.17. The Bertz CT molecular complexity index is 1250. The average Bonchev–Trinajstić information content (AvgIpc) is 2.74. The third kappa shape index (κ3) is 6.10. The molecular formula is C22H28N5O3S2-. The predicted octanol–water partition coefficient (Wildman–Crippen LogP) is 2.69. The van der Waals surface area contributed by atoms with Gasteiger partial charge in [-0.05, 0) is 49.1 Å². The van der Waals surface area contributed by atoms with E-state index in [1.807, 2.05) is 12.1 Å². The molecule has 2 aromatic carbocycles. The Morgan fingerprint density at radius 1 is 1.22 bits per heavy atom. The molecule has 1 atom stereocenters. The Balaban J connectivity index is 1.58. The second-order valence-corrected chi connectivity index (χ2v) is 10.8. The average molecular weight is 475 g/mol. The van der Waals surface area contributed by atoms with Gasteiger partial charge in [-0.1, -0.05) is 41.3 Å². The first kappa shape index (κ1) is 23.8. The summed E-state index contributed by atoms with van der Waals surface area (Å²) in [6.07, 6.45) is 3.75. The molecule has 0 amide bonds. The zero-order valence-electron chi connectivity index (χ0n) is 18.3. The molecule has 0 fully saturated rings. The van der Waals surface area contributed by atoms with Crippen LogP contribution in [0.1, 0.15) is 29.2 Å². The molecule has 2 aromatic rings. The number of guanidine groups is 1. The van der Waals surface area contributed by atoms with Gasteiger partial charge < -0.3 is 24.9 Å². The van der Waals surface area contributed by atoms with E-state index in [1.54, 1.807) is 12.1 Å². The predicted molar refractivity (Wildman–Crippen MR) is 127 cm³/mol. The van der Waals surface area contributed by atoms with Gasteiger partial charge in [0.1, 0.15) is 11.9 Å². The van der Waals surface area contributed by atoms with Crippen LogP contribution in [0.3, 0.4) is 0 Å². The van der Waals surface area contributed by atoms with Crippen molar-refractivity contribution in [3.8, 4) is 0 Å². The lowest BCUT2D eigenvalue weighted by atomic mass is 9.97. The largest absolute Gasteiger partial charge is 0.440 e. The number of hydrogen-bond donors (Lipinski definition) is 3. The third-order valence-electron chi connectivity index (χ3n) is 5.12. The van der Waals surface area contributed by atoms with Crippen molar-refractivity contribution in [2.75, 3.05) is 19.3 Å². The molecule has 0 aromatic heterocycles. The number of hydrogen-bond acceptors (Lipinski definition) is 9. The number of nitrogens with one attached hydrogen (secondary N) is 2. The maximum atomic E-state index is 12.4. The smallest absolute Gasteiger partial charge is 0.195 e. The maximum Gasteiger partial charge on any atom is 0.195 e. The molecule has 172 valence electrons. The minimum absolute atomic E-state index is 0.133. The van der Waals surface area contributed by atoms with Gasteiger partial charge in [0.15, 0.2) is 15.8 Å². The van der Waals surface area contributed by atoms with Gasteiger partial charge in [-0.15, -0.1) is 0 Å². The molecule has 0 saturated heterocycles. The Labute approximate surface area is 191 Å². The number of rotatable bonds is 8. The summed E-state index contributed by atoms with van der Waals surface area (Å²) in [6.45, 7) is 5.10. The maximum absolute atomic E-state index is 12.4. The van der Waals surface area contributed by atoms with E-state index in [0.717, 1.165) is 17.6 Å². The molecule has 10 heteroatoms. The molecule has 0 bridgehead atoms. The number of benzene rings is 2. The van der Waals surface area contributed by atoms with E-state index in [9.17, 15) is 12.6 Å². The van der Waals surface area contributed by atoms with Gasteiger partial charge in [-0.25, -0.2) is 13.4 Å². The monoisotopic (exact) mass is 474 g/mol. The highest BCUT2D eigenvalue weighted by molar-refractivity contribution is 7.90. The zero-order valence-corrected chi connectivity index (χ0v) is 20.0. The molecular weight excluding hydrogens is 446 g/mol. The van der Waals surface area contributed by atoms with Crippen molar-refractivity contribution >= 4 is 26.4 Å². The summed E-state index contributed by atoms with van der Waals surface area (Å²) < 4.78 is 39.8. The standard InChI is InChI=1S/C22H28N5O3S2/c1-15-7-4-10-19(16(15)2)20-14-21(27-22(23)26-20)24-11-6-12-25-31(28)17-8-5-9-18(13-17)32(3,29)30/h4-5,7-10,13-14,20,24H,6,11-12H2,1-3H3,(H3,23,26,27)/q-1. The number of aryl methyl sites for hydroxylation is 1. The van der Waals surface area contributed by atoms with E-state index in [4.69, 9.17) is 5.73 Å². The normalized spacial score (nSPS) is 17.3. The van der Waals surface area contributed by atoms with Crippen molar-refractivity contribution in [1.82, 2.24) is 10.6 Å². The highest BCUT2D eigenvalue weighted by atomic mass is 32.2. The van der Waals surface area contributed by atoms with Gasteiger partial charge in [0.05, 0.1) is 4.90 Å². The third-order valence-corrected chi connectivity index (χ3v) is 7.31. The Hall–Kier alpha value is -2.85. The fraction of sp³-hybridized carbons (Fsp3) is 0.318. The Morgan fingerprint density at radius 2 is 1.97 bits per heavy atom. The van der Waals surface area contributed by atoms with Crippen LogP contribution < -0.4 is 16.4 Å². The van der Waals surface area contributed by atoms with Crippen LogP contribution in [0.2, 0.25) is 0 Å². The molecule has 0 saturated carbocycles. The van der Waals surface area contributed by atoms with E-state index in [0.29, 0.717) is 30.4 Å². The van der Waals surface area contributed by atoms with Crippen molar-refractivity contribution in [2.24, 2.45) is 15.1 Å². The van der Waals surface area contributed by atoms with E-state index >= 15 is 0 Å². The lowest BCUT2D eigenvalue weighted by molar-refractivity contribution is 0.597. The fourth-order valence-corrected chi connectivity index (χ4v) is 4.86. The zero-order chi connectivity index (χ0) is 23.3. The summed E-state index contributed by atoms with van der Waals surface area (Å²) in [6, 6.07) is 12.0. The summed E-state index contributed by atoms with van der Waals surface area (Å²) in [7, 11) is -4.97. The van der Waals surface area contributed by atoms with E-state index < -0.39 is 20.4 Å². The number of nitrogens with two attached hydrogens (primary N) is 1. The summed E-state index contributed by atoms with van der Waals surface area (Å²) >= 11 is 0. The van der Waals surface area contributed by atoms with E-state index in [1.165, 1.54) is 23.3 Å². The van der Waals surface area contributed by atoms with Gasteiger partial charge in [0, 0.05) is 19.3 Å². The molecule has 3 rings (SSSR count). The summed E-state index contributed by atoms with van der Waals surface area (Å²) in [4.78, 5) is 5.00. The minimum atomic E-state index is -3.35. The first-order valence-corrected chi connectivity index (χ1v) is 13.2. The van der Waals surface area contributed by atoms with Crippen LogP contribution in [-0.2, 0) is 24.6 Å². The second kappa shape index (κ2) is 10.2. The van der Waals surface area contributed by atoms with Crippen LogP contribution in [0.5, 0.6) is 0 Å². The topological polar surface area (TPSA) is 126 Å². The van der Waals surface area contributed by atoms with Gasteiger partial charge >= 0.3 is 0 Å². The molecule has 32 heavy (non-hydrogen) atoms. The van der Waals surface area contributed by atoms with E-state index in [-0.39, 0.29) is 10.9 Å². The molecule has 1 aliphatic rings. The first-order valence-electron chi connectivity index (χ1n) is 10.2. The van der Waals surface area contributed by atoms with Crippen LogP contribution >= 0.6 is 0 Å². The SMILES string of the molecule is Cc1cccc(C2C=C(NCCCN=[S-](=O)c3cccc(S(C)(=O)=O)c3)NC(N)=N2)c1C. The summed E-state index contributed by atoms with van der Waals surface area (Å²) in [5.74, 6) is 1.11. The van der Waals surface area contributed by atoms with Gasteiger partial charge in [0.25, 0.3) is 0 Å². The quantitative estimate of drug-likeness (QED) is 0.399. The molecule has 0 spiro atoms. The summed E-state index contributed by atoms with van der Waals surface area (Å²) in [5, 5.41) is 6.31. The fourth-order valence-electron chi connectivity index (χ4n) is 3.25. The molecule has 1 aliphatic heterocycles. The van der Waals surface area contributed by atoms with Crippen molar-refractivity contribution in [3.05, 3.63) is 71.1 Å². The van der Waals surface area contributed by atoms with Gasteiger partial charge in [0.2, 0.25) is 0 Å². The molecule has 1 unspecified atom stereocenters. The van der Waals surface area contributed by atoms with Crippen molar-refractivity contribution < 1.29 is 12.6 Å². The van der Waals surface area contributed by atoms with E-state index in [2.05, 4.69) is 46.0 Å². The Morgan fingerprint density at radius 3 is 2.72 bits per heavy atom. The van der Waals surface area contributed by atoms with Crippen LogP contribution in [0.25, 0.3) is 0 Å². The number of sulfone groups is 1. The Kier molecular flexibility index (Phi) is 7.57. The van der Waals surface area contributed by atoms with Crippen molar-refractivity contribution in [1.29, 1.82) is 0 Å². The second-order valence-electron chi connectivity index (χ2n) is 7.58. The molecule has 0 aliphatic carbocycles. The first-order chi connectivity index (χ1) is 15.1. The van der Waals surface area contributed by atoms with Crippen molar-refractivity contribution in [3.63, 3.8) is 0 Å². The van der Waals surface area contributed by atoms with Crippen LogP contribution in [0.4, 0.5) is 0 Å². The lowest BCUT2D eigenvalue weighted by Gasteiger charge is -2.23. The van der Waals surface area contributed by atoms with Crippen LogP contribution in [0, 0.1) is 13.8 Å². The molecule has 0 radical (unpaired) electrons. The minimum Gasteiger partial charge on any atom is -0.440 e. The highest BCUT2D eigenvalue weighted by Crippen LogP contribution is 2.26. The van der Waals surface area contributed by atoms with Crippen molar-refractivity contribution in [2.45, 2.75) is 36.1 Å².